The maximum absolute atomic E-state index is 5.51. The number of benzene rings is 1. The van der Waals surface area contributed by atoms with Crippen molar-refractivity contribution in [2.24, 2.45) is 5.73 Å². The molecule has 0 heterocycles. The summed E-state index contributed by atoms with van der Waals surface area (Å²) in [5.74, 6) is 0.527. The highest BCUT2D eigenvalue weighted by Crippen LogP contribution is 2.15. The molecule has 0 aliphatic carbocycles. The highest BCUT2D eigenvalue weighted by atomic mass is 32.1. The van der Waals surface area contributed by atoms with Crippen LogP contribution in [0.4, 0.5) is 0 Å². The van der Waals surface area contributed by atoms with Gasteiger partial charge in [-0.05, 0) is 17.5 Å². The summed E-state index contributed by atoms with van der Waals surface area (Å²) in [7, 11) is 0. The zero-order valence-electron chi connectivity index (χ0n) is 7.37. The lowest BCUT2D eigenvalue weighted by Gasteiger charge is -2.06. The first-order valence-electron chi connectivity index (χ1n) is 4.01. The minimum absolute atomic E-state index is 0.470. The summed E-state index contributed by atoms with van der Waals surface area (Å²) in [4.78, 5) is 0.470. The molecule has 0 fully saturated rings. The van der Waals surface area contributed by atoms with Crippen LogP contribution in [0.5, 0.6) is 0 Å². The Morgan fingerprint density at radius 3 is 2.58 bits per heavy atom. The molecule has 2 heteroatoms. The Kier molecular flexibility index (Phi) is 2.82. The number of rotatable bonds is 2. The van der Waals surface area contributed by atoms with E-state index in [1.807, 2.05) is 18.2 Å². The molecule has 1 aromatic rings. The van der Waals surface area contributed by atoms with E-state index in [0.717, 1.165) is 5.56 Å². The monoisotopic (exact) mass is 179 g/mol. The van der Waals surface area contributed by atoms with E-state index in [1.54, 1.807) is 0 Å². The first-order valence-corrected chi connectivity index (χ1v) is 4.42. The van der Waals surface area contributed by atoms with Gasteiger partial charge in [0.1, 0.15) is 4.99 Å². The van der Waals surface area contributed by atoms with Crippen LogP contribution in [-0.2, 0) is 0 Å². The molecule has 12 heavy (non-hydrogen) atoms. The Bertz CT molecular complexity index is 292. The molecule has 0 aromatic heterocycles. The summed E-state index contributed by atoms with van der Waals surface area (Å²) in [5.41, 5.74) is 7.75. The third-order valence-corrected chi connectivity index (χ3v) is 2.07. The van der Waals surface area contributed by atoms with Gasteiger partial charge < -0.3 is 5.73 Å². The number of nitrogens with two attached hydrogens (primary N) is 1. The van der Waals surface area contributed by atoms with Crippen molar-refractivity contribution in [1.29, 1.82) is 0 Å². The molecule has 0 aliphatic heterocycles. The zero-order chi connectivity index (χ0) is 9.14. The molecule has 1 aromatic carbocycles. The van der Waals surface area contributed by atoms with Crippen molar-refractivity contribution in [3.63, 3.8) is 0 Å². The average molecular weight is 179 g/mol. The minimum atomic E-state index is 0.470. The quantitative estimate of drug-likeness (QED) is 0.706. The second-order valence-electron chi connectivity index (χ2n) is 3.14. The third-order valence-electron chi connectivity index (χ3n) is 1.84. The number of hydrogen-bond donors (Lipinski definition) is 1. The van der Waals surface area contributed by atoms with Crippen molar-refractivity contribution in [3.8, 4) is 0 Å². The summed E-state index contributed by atoms with van der Waals surface area (Å²) >= 11 is 4.89. The Balaban J connectivity index is 3.04. The first-order chi connectivity index (χ1) is 5.61. The average Bonchev–Trinajstić information content (AvgIpc) is 2.04. The van der Waals surface area contributed by atoms with Gasteiger partial charge in [-0.25, -0.2) is 0 Å². The van der Waals surface area contributed by atoms with E-state index in [1.165, 1.54) is 5.56 Å². The molecule has 0 saturated heterocycles. The van der Waals surface area contributed by atoms with E-state index in [0.29, 0.717) is 10.9 Å². The molecule has 1 nitrogen and oxygen atoms in total. The fourth-order valence-electron chi connectivity index (χ4n) is 1.05. The molecule has 1 rings (SSSR count). The second-order valence-corrected chi connectivity index (χ2v) is 3.58. The lowest BCUT2D eigenvalue weighted by Crippen LogP contribution is -2.09. The van der Waals surface area contributed by atoms with E-state index in [-0.39, 0.29) is 0 Å². The maximum atomic E-state index is 5.51. The lowest BCUT2D eigenvalue weighted by atomic mass is 10.0. The summed E-state index contributed by atoms with van der Waals surface area (Å²) in [6.07, 6.45) is 0. The van der Waals surface area contributed by atoms with Crippen LogP contribution in [0, 0.1) is 0 Å². The normalized spacial score (nSPS) is 10.2. The van der Waals surface area contributed by atoms with Gasteiger partial charge in [-0.2, -0.15) is 0 Å². The van der Waals surface area contributed by atoms with Crippen LogP contribution >= 0.6 is 12.2 Å². The van der Waals surface area contributed by atoms with Crippen LogP contribution in [0.15, 0.2) is 24.3 Å². The minimum Gasteiger partial charge on any atom is -0.389 e. The Labute approximate surface area is 78.6 Å². The van der Waals surface area contributed by atoms with Gasteiger partial charge in [0, 0.05) is 5.56 Å². The first kappa shape index (κ1) is 9.20. The second kappa shape index (κ2) is 3.68. The predicted octanol–water partition coefficient (Wildman–Crippen LogP) is 2.44. The van der Waals surface area contributed by atoms with Gasteiger partial charge in [0.2, 0.25) is 0 Å². The lowest BCUT2D eigenvalue weighted by molar-refractivity contribution is 0.866. The van der Waals surface area contributed by atoms with Gasteiger partial charge in [0.15, 0.2) is 0 Å². The molecule has 0 spiro atoms. The van der Waals surface area contributed by atoms with Crippen molar-refractivity contribution >= 4 is 17.2 Å². The van der Waals surface area contributed by atoms with Crippen molar-refractivity contribution in [2.45, 2.75) is 19.8 Å². The highest BCUT2D eigenvalue weighted by Gasteiger charge is 2.00. The van der Waals surface area contributed by atoms with Crippen molar-refractivity contribution < 1.29 is 0 Å². The van der Waals surface area contributed by atoms with Gasteiger partial charge in [0.05, 0.1) is 0 Å². The molecule has 64 valence electrons. The molecule has 0 aliphatic rings. The molecule has 2 N–H and O–H groups in total. The molecule has 0 atom stereocenters. The summed E-state index contributed by atoms with van der Waals surface area (Å²) < 4.78 is 0. The highest BCUT2D eigenvalue weighted by molar-refractivity contribution is 7.80. The fraction of sp³-hybridized carbons (Fsp3) is 0.300. The van der Waals surface area contributed by atoms with E-state index < -0.39 is 0 Å². The van der Waals surface area contributed by atoms with Crippen molar-refractivity contribution in [2.75, 3.05) is 0 Å². The topological polar surface area (TPSA) is 26.0 Å². The molecule has 0 saturated carbocycles. The summed E-state index contributed by atoms with van der Waals surface area (Å²) in [6, 6.07) is 8.07. The van der Waals surface area contributed by atoms with E-state index >= 15 is 0 Å². The van der Waals surface area contributed by atoms with Crippen LogP contribution in [0.1, 0.15) is 30.9 Å². The van der Waals surface area contributed by atoms with Crippen LogP contribution in [-0.4, -0.2) is 4.99 Å². The largest absolute Gasteiger partial charge is 0.389 e. The SMILES string of the molecule is CC(C)c1cccc(C(N)=S)c1. The van der Waals surface area contributed by atoms with Crippen LogP contribution in [0.25, 0.3) is 0 Å². The van der Waals surface area contributed by atoms with Gasteiger partial charge >= 0.3 is 0 Å². The Hall–Kier alpha value is -0.890. The molecule has 0 radical (unpaired) electrons. The number of thiocarbonyl (C=S) groups is 1. The van der Waals surface area contributed by atoms with Gasteiger partial charge in [0.25, 0.3) is 0 Å². The Morgan fingerprint density at radius 2 is 2.08 bits per heavy atom. The third kappa shape index (κ3) is 2.05. The van der Waals surface area contributed by atoms with Crippen LogP contribution in [0.3, 0.4) is 0 Å². The van der Waals surface area contributed by atoms with Crippen molar-refractivity contribution in [3.05, 3.63) is 35.4 Å². The maximum Gasteiger partial charge on any atom is 0.103 e. The van der Waals surface area contributed by atoms with E-state index in [9.17, 15) is 0 Å². The molecular weight excluding hydrogens is 166 g/mol. The fourth-order valence-corrected chi connectivity index (χ4v) is 1.18. The molecule has 0 amide bonds. The Morgan fingerprint density at radius 1 is 1.42 bits per heavy atom. The van der Waals surface area contributed by atoms with Crippen molar-refractivity contribution in [1.82, 2.24) is 0 Å². The molecule has 0 unspecified atom stereocenters. The summed E-state index contributed by atoms with van der Waals surface area (Å²) in [6.45, 7) is 4.30. The molecular formula is C10H13NS. The van der Waals surface area contributed by atoms with E-state index in [4.69, 9.17) is 18.0 Å². The van der Waals surface area contributed by atoms with Gasteiger partial charge in [-0.3, -0.25) is 0 Å². The van der Waals surface area contributed by atoms with E-state index in [2.05, 4.69) is 19.9 Å². The van der Waals surface area contributed by atoms with Gasteiger partial charge in [-0.1, -0.05) is 44.3 Å². The predicted molar refractivity (Wildman–Crippen MR) is 56.4 cm³/mol. The van der Waals surface area contributed by atoms with Crippen LogP contribution < -0.4 is 5.73 Å². The summed E-state index contributed by atoms with van der Waals surface area (Å²) in [5, 5.41) is 0. The molecule has 0 bridgehead atoms. The number of hydrogen-bond acceptors (Lipinski definition) is 1. The van der Waals surface area contributed by atoms with Gasteiger partial charge in [-0.15, -0.1) is 0 Å². The smallest absolute Gasteiger partial charge is 0.103 e. The standard InChI is InChI=1S/C10H13NS/c1-7(2)8-4-3-5-9(6-8)10(11)12/h3-7H,1-2H3,(H2,11,12). The zero-order valence-corrected chi connectivity index (χ0v) is 8.19. The van der Waals surface area contributed by atoms with Crippen LogP contribution in [0.2, 0.25) is 0 Å².